The highest BCUT2D eigenvalue weighted by Crippen LogP contribution is 2.30. The van der Waals surface area contributed by atoms with Crippen molar-refractivity contribution in [3.63, 3.8) is 0 Å². The number of fused-ring (bicyclic) bond motifs is 1. The smallest absolute Gasteiger partial charge is 0.346 e. The van der Waals surface area contributed by atoms with Crippen LogP contribution in [-0.2, 0) is 6.42 Å². The van der Waals surface area contributed by atoms with Gasteiger partial charge in [-0.3, -0.25) is 0 Å². The van der Waals surface area contributed by atoms with Gasteiger partial charge in [-0.25, -0.2) is 9.78 Å². The molecule has 0 saturated carbocycles. The third-order valence-electron chi connectivity index (χ3n) is 3.30. The Morgan fingerprint density at radius 2 is 2.27 bits per heavy atom. The van der Waals surface area contributed by atoms with E-state index in [4.69, 9.17) is 23.8 Å². The second-order valence-electron chi connectivity index (χ2n) is 4.86. The maximum atomic E-state index is 11.2. The molecule has 0 aliphatic rings. The highest BCUT2D eigenvalue weighted by molar-refractivity contribution is 7.71. The van der Waals surface area contributed by atoms with Crippen molar-refractivity contribution >= 4 is 51.3 Å². The van der Waals surface area contributed by atoms with E-state index in [1.807, 2.05) is 24.3 Å². The van der Waals surface area contributed by atoms with Crippen molar-refractivity contribution in [3.8, 4) is 0 Å². The molecule has 22 heavy (non-hydrogen) atoms. The van der Waals surface area contributed by atoms with E-state index in [9.17, 15) is 9.90 Å². The molecule has 3 aromatic rings. The predicted octanol–water partition coefficient (Wildman–Crippen LogP) is 4.60. The van der Waals surface area contributed by atoms with Gasteiger partial charge in [-0.1, -0.05) is 36.0 Å². The van der Waals surface area contributed by atoms with Crippen LogP contribution in [-0.4, -0.2) is 21.0 Å². The summed E-state index contributed by atoms with van der Waals surface area (Å²) in [5.41, 5.74) is 1.67. The fourth-order valence-corrected chi connectivity index (χ4v) is 4.01. The summed E-state index contributed by atoms with van der Waals surface area (Å²) in [5.74, 6) is -0.260. The fraction of sp³-hybridized carbons (Fsp3) is 0.133. The van der Waals surface area contributed by atoms with Gasteiger partial charge >= 0.3 is 5.97 Å². The van der Waals surface area contributed by atoms with Gasteiger partial charge in [0.2, 0.25) is 0 Å². The minimum Gasteiger partial charge on any atom is -0.477 e. The molecular formula is C15H11ClN2O2S2. The number of carboxylic acids is 1. The zero-order valence-corrected chi connectivity index (χ0v) is 13.9. The number of aromatic carboxylic acids is 1. The van der Waals surface area contributed by atoms with Crippen LogP contribution in [0.1, 0.15) is 26.6 Å². The highest BCUT2D eigenvalue weighted by atomic mass is 35.5. The largest absolute Gasteiger partial charge is 0.477 e. The molecule has 2 aromatic heterocycles. The maximum absolute atomic E-state index is 11.2. The molecule has 0 amide bonds. The highest BCUT2D eigenvalue weighted by Gasteiger charge is 2.17. The van der Waals surface area contributed by atoms with Crippen molar-refractivity contribution in [1.82, 2.24) is 9.97 Å². The van der Waals surface area contributed by atoms with E-state index < -0.39 is 5.97 Å². The van der Waals surface area contributed by atoms with E-state index in [1.54, 1.807) is 6.92 Å². The number of hydrogen-bond acceptors (Lipinski definition) is 4. The first-order valence-corrected chi connectivity index (χ1v) is 8.06. The molecule has 0 bridgehead atoms. The van der Waals surface area contributed by atoms with Crippen LogP contribution in [0.4, 0.5) is 0 Å². The fourth-order valence-electron chi connectivity index (χ4n) is 2.32. The molecule has 7 heteroatoms. The Balaban J connectivity index is 2.09. The first-order chi connectivity index (χ1) is 10.5. The number of nitrogens with zero attached hydrogens (tertiary/aromatic N) is 1. The number of aromatic nitrogens is 2. The van der Waals surface area contributed by atoms with Gasteiger partial charge in [-0.2, -0.15) is 0 Å². The standard InChI is InChI=1S/C15H11ClN2O2S2/c1-7-11-13(21)17-10(6-8-3-2-4-9(16)5-8)18-14(11)22-12(7)15(19)20/h2-5H,6H2,1H3,(H,19,20)(H,17,18,21). The molecule has 2 heterocycles. The lowest BCUT2D eigenvalue weighted by atomic mass is 10.1. The quantitative estimate of drug-likeness (QED) is 0.677. The molecule has 112 valence electrons. The summed E-state index contributed by atoms with van der Waals surface area (Å²) in [6.45, 7) is 1.75. The van der Waals surface area contributed by atoms with Crippen LogP contribution in [0.2, 0.25) is 5.02 Å². The van der Waals surface area contributed by atoms with Crippen molar-refractivity contribution < 1.29 is 9.90 Å². The second kappa shape index (κ2) is 5.79. The summed E-state index contributed by atoms with van der Waals surface area (Å²) in [6, 6.07) is 7.51. The van der Waals surface area contributed by atoms with Crippen LogP contribution >= 0.6 is 35.2 Å². The van der Waals surface area contributed by atoms with Crippen LogP contribution in [0.5, 0.6) is 0 Å². The lowest BCUT2D eigenvalue weighted by Crippen LogP contribution is -1.97. The molecule has 0 unspecified atom stereocenters. The number of carbonyl (C=O) groups is 1. The van der Waals surface area contributed by atoms with E-state index in [-0.39, 0.29) is 4.88 Å². The molecule has 0 fully saturated rings. The van der Waals surface area contributed by atoms with Crippen molar-refractivity contribution in [2.75, 3.05) is 0 Å². The zero-order valence-electron chi connectivity index (χ0n) is 11.5. The minimum absolute atomic E-state index is 0.280. The van der Waals surface area contributed by atoms with E-state index >= 15 is 0 Å². The molecule has 0 saturated heterocycles. The number of rotatable bonds is 3. The molecule has 4 nitrogen and oxygen atoms in total. The van der Waals surface area contributed by atoms with Gasteiger partial charge in [0.15, 0.2) is 0 Å². The van der Waals surface area contributed by atoms with Crippen LogP contribution in [0, 0.1) is 11.6 Å². The van der Waals surface area contributed by atoms with Crippen LogP contribution in [0.3, 0.4) is 0 Å². The molecule has 0 spiro atoms. The van der Waals surface area contributed by atoms with Crippen molar-refractivity contribution in [2.45, 2.75) is 13.3 Å². The molecular weight excluding hydrogens is 340 g/mol. The van der Waals surface area contributed by atoms with Gasteiger partial charge in [-0.15, -0.1) is 11.3 Å². The normalized spacial score (nSPS) is 11.0. The summed E-state index contributed by atoms with van der Waals surface area (Å²) in [4.78, 5) is 19.8. The number of H-pyrrole nitrogens is 1. The summed E-state index contributed by atoms with van der Waals surface area (Å²) in [6.07, 6.45) is 0.555. The number of aryl methyl sites for hydroxylation is 1. The number of halogens is 1. The average Bonchev–Trinajstić information content (AvgIpc) is 2.76. The Morgan fingerprint density at radius 1 is 1.50 bits per heavy atom. The predicted molar refractivity (Wildman–Crippen MR) is 90.8 cm³/mol. The summed E-state index contributed by atoms with van der Waals surface area (Å²) < 4.78 is 0.517. The SMILES string of the molecule is Cc1c(C(=O)O)sc2nc(Cc3cccc(Cl)c3)[nH]c(=S)c12. The minimum atomic E-state index is -0.953. The third-order valence-corrected chi connectivity index (χ3v) is 5.02. The number of carboxylic acid groups (broad SMARTS) is 1. The molecule has 2 N–H and O–H groups in total. The van der Waals surface area contributed by atoms with Gasteiger partial charge in [0.05, 0.1) is 0 Å². The van der Waals surface area contributed by atoms with E-state index in [0.29, 0.717) is 37.7 Å². The van der Waals surface area contributed by atoms with Crippen LogP contribution < -0.4 is 0 Å². The second-order valence-corrected chi connectivity index (χ2v) is 6.70. The maximum Gasteiger partial charge on any atom is 0.346 e. The van der Waals surface area contributed by atoms with Crippen molar-refractivity contribution in [3.05, 3.63) is 55.8 Å². The van der Waals surface area contributed by atoms with Crippen LogP contribution in [0.15, 0.2) is 24.3 Å². The lowest BCUT2D eigenvalue weighted by Gasteiger charge is -2.03. The van der Waals surface area contributed by atoms with E-state index in [2.05, 4.69) is 9.97 Å². The number of aromatic amines is 1. The molecule has 0 aliphatic heterocycles. The molecule has 1 aromatic carbocycles. The van der Waals surface area contributed by atoms with Gasteiger partial charge in [0.25, 0.3) is 0 Å². The summed E-state index contributed by atoms with van der Waals surface area (Å²) in [7, 11) is 0. The molecule has 3 rings (SSSR count). The van der Waals surface area contributed by atoms with Gasteiger partial charge in [0.1, 0.15) is 20.2 Å². The number of thiophene rings is 1. The van der Waals surface area contributed by atoms with E-state index in [0.717, 1.165) is 16.9 Å². The van der Waals surface area contributed by atoms with E-state index in [1.165, 1.54) is 0 Å². The van der Waals surface area contributed by atoms with Crippen LogP contribution in [0.25, 0.3) is 10.2 Å². The Morgan fingerprint density at radius 3 is 2.95 bits per heavy atom. The molecule has 0 aliphatic carbocycles. The third kappa shape index (κ3) is 2.77. The Labute approximate surface area is 140 Å². The number of nitrogens with one attached hydrogen (secondary N) is 1. The zero-order chi connectivity index (χ0) is 15.9. The summed E-state index contributed by atoms with van der Waals surface area (Å²) in [5, 5.41) is 10.6. The first kappa shape index (κ1) is 15.1. The van der Waals surface area contributed by atoms with Crippen molar-refractivity contribution in [2.24, 2.45) is 0 Å². The molecule has 0 atom stereocenters. The Kier molecular flexibility index (Phi) is 3.99. The topological polar surface area (TPSA) is 66.0 Å². The van der Waals surface area contributed by atoms with Crippen molar-refractivity contribution in [1.29, 1.82) is 0 Å². The first-order valence-electron chi connectivity index (χ1n) is 6.45. The van der Waals surface area contributed by atoms with Gasteiger partial charge in [-0.05, 0) is 30.2 Å². The average molecular weight is 351 g/mol. The lowest BCUT2D eigenvalue weighted by molar-refractivity contribution is 0.0701. The summed E-state index contributed by atoms with van der Waals surface area (Å²) >= 11 is 12.5. The van der Waals surface area contributed by atoms with Gasteiger partial charge in [0, 0.05) is 16.8 Å². The van der Waals surface area contributed by atoms with Gasteiger partial charge < -0.3 is 10.1 Å². The number of benzene rings is 1. The Hall–Kier alpha value is -1.76. The Bertz CT molecular complexity index is 946. The molecule has 0 radical (unpaired) electrons. The monoisotopic (exact) mass is 350 g/mol. The number of hydrogen-bond donors (Lipinski definition) is 2.